The molecule has 4 rings (SSSR count). The number of hydrogen-bond acceptors (Lipinski definition) is 2. The number of hydrogen-bond donors (Lipinski definition) is 0. The first-order valence-electron chi connectivity index (χ1n) is 9.85. The molecule has 0 saturated heterocycles. The summed E-state index contributed by atoms with van der Waals surface area (Å²) in [6.07, 6.45) is 1.01. The van der Waals surface area contributed by atoms with Crippen molar-refractivity contribution < 1.29 is 4.39 Å². The second kappa shape index (κ2) is 9.10. The lowest BCUT2D eigenvalue weighted by Crippen LogP contribution is -2.02. The molecule has 0 saturated carbocycles. The third-order valence-electron chi connectivity index (χ3n) is 4.73. The van der Waals surface area contributed by atoms with Crippen LogP contribution >= 0.6 is 11.8 Å². The number of nitrogens with zero attached hydrogens (tertiary/aromatic N) is 2. The van der Waals surface area contributed by atoms with E-state index in [0.717, 1.165) is 46.2 Å². The maximum absolute atomic E-state index is 13.6. The molecule has 0 radical (unpaired) electrons. The van der Waals surface area contributed by atoms with Crippen LogP contribution < -0.4 is 0 Å². The van der Waals surface area contributed by atoms with Crippen LogP contribution in [0.3, 0.4) is 0 Å². The lowest BCUT2D eigenvalue weighted by atomic mass is 10.0. The van der Waals surface area contributed by atoms with Gasteiger partial charge in [-0.3, -0.25) is 0 Å². The van der Waals surface area contributed by atoms with Crippen molar-refractivity contribution in [3.8, 4) is 22.5 Å². The molecule has 0 fully saturated rings. The standard InChI is InChI=1S/C25H23FN2S/c1-2-16-28-24(21-13-7-4-8-14-21)23(20-11-5-3-6-12-20)27-25(28)29-18-19-10-9-15-22(26)17-19/h3-15,17H,2,16,18H2,1H3. The molecule has 2 nitrogen and oxygen atoms in total. The van der Waals surface area contributed by atoms with E-state index in [1.165, 1.54) is 6.07 Å². The third-order valence-corrected chi connectivity index (χ3v) is 5.78. The van der Waals surface area contributed by atoms with Crippen molar-refractivity contribution in [1.82, 2.24) is 9.55 Å². The molecule has 3 aromatic carbocycles. The maximum Gasteiger partial charge on any atom is 0.169 e. The second-order valence-electron chi connectivity index (χ2n) is 6.89. The molecular weight excluding hydrogens is 379 g/mol. The summed E-state index contributed by atoms with van der Waals surface area (Å²) in [5.41, 5.74) is 5.36. The van der Waals surface area contributed by atoms with E-state index in [9.17, 15) is 4.39 Å². The van der Waals surface area contributed by atoms with Crippen LogP contribution in [-0.4, -0.2) is 9.55 Å². The van der Waals surface area contributed by atoms with Gasteiger partial charge in [-0.25, -0.2) is 9.37 Å². The van der Waals surface area contributed by atoms with E-state index >= 15 is 0 Å². The predicted molar refractivity (Wildman–Crippen MR) is 119 cm³/mol. The highest BCUT2D eigenvalue weighted by atomic mass is 32.2. The number of aromatic nitrogens is 2. The molecule has 0 bridgehead atoms. The average molecular weight is 403 g/mol. The van der Waals surface area contributed by atoms with E-state index in [1.807, 2.05) is 30.3 Å². The quantitative estimate of drug-likeness (QED) is 0.308. The van der Waals surface area contributed by atoms with Gasteiger partial charge in [0.2, 0.25) is 0 Å². The largest absolute Gasteiger partial charge is 0.318 e. The molecule has 0 N–H and O–H groups in total. The zero-order chi connectivity index (χ0) is 20.1. The molecule has 0 atom stereocenters. The Morgan fingerprint density at radius 1 is 0.862 bits per heavy atom. The Labute approximate surface area is 175 Å². The minimum Gasteiger partial charge on any atom is -0.318 e. The average Bonchev–Trinajstić information content (AvgIpc) is 3.12. The molecule has 0 amide bonds. The zero-order valence-corrected chi connectivity index (χ0v) is 17.2. The van der Waals surface area contributed by atoms with Gasteiger partial charge in [-0.2, -0.15) is 0 Å². The number of thioether (sulfide) groups is 1. The first-order valence-corrected chi connectivity index (χ1v) is 10.8. The van der Waals surface area contributed by atoms with Gasteiger partial charge in [-0.05, 0) is 24.1 Å². The fourth-order valence-electron chi connectivity index (χ4n) is 3.43. The minimum absolute atomic E-state index is 0.199. The van der Waals surface area contributed by atoms with Crippen molar-refractivity contribution in [2.24, 2.45) is 0 Å². The molecule has 0 aliphatic heterocycles. The highest BCUT2D eigenvalue weighted by molar-refractivity contribution is 7.98. The van der Waals surface area contributed by atoms with Crippen LogP contribution in [0, 0.1) is 5.82 Å². The van der Waals surface area contributed by atoms with Gasteiger partial charge in [0.05, 0.1) is 11.4 Å². The molecule has 1 heterocycles. The van der Waals surface area contributed by atoms with Crippen molar-refractivity contribution in [3.63, 3.8) is 0 Å². The van der Waals surface area contributed by atoms with Gasteiger partial charge in [0.1, 0.15) is 5.82 Å². The number of halogens is 1. The fraction of sp³-hybridized carbons (Fsp3) is 0.160. The van der Waals surface area contributed by atoms with Crippen molar-refractivity contribution in [1.29, 1.82) is 0 Å². The summed E-state index contributed by atoms with van der Waals surface area (Å²) in [4.78, 5) is 5.05. The highest BCUT2D eigenvalue weighted by Gasteiger charge is 2.20. The van der Waals surface area contributed by atoms with Crippen molar-refractivity contribution in [2.75, 3.05) is 0 Å². The molecule has 0 aliphatic rings. The Balaban J connectivity index is 1.79. The Morgan fingerprint density at radius 3 is 2.21 bits per heavy atom. The summed E-state index contributed by atoms with van der Waals surface area (Å²) < 4.78 is 15.9. The molecule has 146 valence electrons. The van der Waals surface area contributed by atoms with Crippen LogP contribution in [0.4, 0.5) is 4.39 Å². The number of benzene rings is 3. The summed E-state index contributed by atoms with van der Waals surface area (Å²) >= 11 is 1.66. The van der Waals surface area contributed by atoms with E-state index in [0.29, 0.717) is 5.75 Å². The minimum atomic E-state index is -0.199. The van der Waals surface area contributed by atoms with Crippen molar-refractivity contribution >= 4 is 11.8 Å². The van der Waals surface area contributed by atoms with Crippen LogP contribution in [0.1, 0.15) is 18.9 Å². The topological polar surface area (TPSA) is 17.8 Å². The predicted octanol–water partition coefficient (Wildman–Crippen LogP) is 7.06. The summed E-state index contributed by atoms with van der Waals surface area (Å²) in [5, 5.41) is 0.966. The first-order chi connectivity index (χ1) is 14.3. The molecule has 4 heteroatoms. The molecule has 0 spiro atoms. The molecule has 0 unspecified atom stereocenters. The van der Waals surface area contributed by atoms with Crippen molar-refractivity contribution in [3.05, 3.63) is 96.3 Å². The third kappa shape index (κ3) is 4.43. The summed E-state index contributed by atoms with van der Waals surface area (Å²) in [6.45, 7) is 3.06. The SMILES string of the molecule is CCCn1c(SCc2cccc(F)c2)nc(-c2ccccc2)c1-c1ccccc1. The van der Waals surface area contributed by atoms with E-state index in [4.69, 9.17) is 4.98 Å². The van der Waals surface area contributed by atoms with Crippen molar-refractivity contribution in [2.45, 2.75) is 30.8 Å². The summed E-state index contributed by atoms with van der Waals surface area (Å²) in [6, 6.07) is 27.5. The van der Waals surface area contributed by atoms with Crippen LogP contribution in [0.2, 0.25) is 0 Å². The summed E-state index contributed by atoms with van der Waals surface area (Å²) in [5.74, 6) is 0.482. The van der Waals surface area contributed by atoms with E-state index in [-0.39, 0.29) is 5.82 Å². The lowest BCUT2D eigenvalue weighted by molar-refractivity contribution is 0.624. The Morgan fingerprint density at radius 2 is 1.55 bits per heavy atom. The molecule has 29 heavy (non-hydrogen) atoms. The summed E-state index contributed by atoms with van der Waals surface area (Å²) in [7, 11) is 0. The van der Waals surface area contributed by atoms with Gasteiger partial charge < -0.3 is 4.57 Å². The van der Waals surface area contributed by atoms with Crippen LogP contribution in [0.25, 0.3) is 22.5 Å². The highest BCUT2D eigenvalue weighted by Crippen LogP contribution is 2.37. The first kappa shape index (κ1) is 19.5. The molecule has 0 aliphatic carbocycles. The zero-order valence-electron chi connectivity index (χ0n) is 16.4. The lowest BCUT2D eigenvalue weighted by Gasteiger charge is -2.12. The molecule has 4 aromatic rings. The molecular formula is C25H23FN2S. The van der Waals surface area contributed by atoms with Gasteiger partial charge in [0.25, 0.3) is 0 Å². The van der Waals surface area contributed by atoms with Gasteiger partial charge >= 0.3 is 0 Å². The van der Waals surface area contributed by atoms with E-state index in [1.54, 1.807) is 23.9 Å². The Hall–Kier alpha value is -2.85. The van der Waals surface area contributed by atoms with Gasteiger partial charge in [-0.15, -0.1) is 0 Å². The van der Waals surface area contributed by atoms with Crippen LogP contribution in [0.15, 0.2) is 90.1 Å². The van der Waals surface area contributed by atoms with Crippen LogP contribution in [-0.2, 0) is 12.3 Å². The number of imidazole rings is 1. The van der Waals surface area contributed by atoms with Gasteiger partial charge in [-0.1, -0.05) is 91.5 Å². The fourth-order valence-corrected chi connectivity index (χ4v) is 4.40. The second-order valence-corrected chi connectivity index (χ2v) is 7.84. The van der Waals surface area contributed by atoms with E-state index < -0.39 is 0 Å². The monoisotopic (exact) mass is 402 g/mol. The maximum atomic E-state index is 13.6. The Bertz CT molecular complexity index is 1070. The normalized spacial score (nSPS) is 11.0. The number of rotatable bonds is 7. The van der Waals surface area contributed by atoms with Gasteiger partial charge in [0, 0.05) is 23.4 Å². The van der Waals surface area contributed by atoms with Crippen LogP contribution in [0.5, 0.6) is 0 Å². The smallest absolute Gasteiger partial charge is 0.169 e. The molecule has 1 aromatic heterocycles. The Kier molecular flexibility index (Phi) is 6.11. The van der Waals surface area contributed by atoms with Gasteiger partial charge in [0.15, 0.2) is 5.16 Å². The van der Waals surface area contributed by atoms with E-state index in [2.05, 4.69) is 47.9 Å².